The average molecular weight is 316 g/mol. The number of carbonyl (C=O) groups is 1. The smallest absolute Gasteiger partial charge is 0.260 e. The van der Waals surface area contributed by atoms with Gasteiger partial charge in [0.25, 0.3) is 11.5 Å². The van der Waals surface area contributed by atoms with Crippen molar-refractivity contribution >= 4 is 23.0 Å². The lowest BCUT2D eigenvalue weighted by molar-refractivity contribution is -0.576. The first kappa shape index (κ1) is 16.9. The summed E-state index contributed by atoms with van der Waals surface area (Å²) >= 11 is 0. The highest BCUT2D eigenvalue weighted by atomic mass is 16.1. The fourth-order valence-electron chi connectivity index (χ4n) is 2.10. The van der Waals surface area contributed by atoms with Crippen molar-refractivity contribution in [3.05, 3.63) is 77.5 Å². The molecule has 118 valence electrons. The van der Waals surface area contributed by atoms with Crippen LogP contribution in [-0.4, -0.2) is 25.7 Å². The predicted octanol–water partition coefficient (Wildman–Crippen LogP) is 2.45. The minimum absolute atomic E-state index is 0.126. The highest BCUT2D eigenvalue weighted by Gasteiger charge is 2.22. The molecule has 0 atom stereocenters. The van der Waals surface area contributed by atoms with E-state index in [4.69, 9.17) is 10.7 Å². The van der Waals surface area contributed by atoms with Crippen molar-refractivity contribution in [2.24, 2.45) is 0 Å². The van der Waals surface area contributed by atoms with Crippen molar-refractivity contribution in [3.8, 4) is 6.07 Å². The second-order valence-electron chi connectivity index (χ2n) is 5.22. The molecule has 0 spiro atoms. The number of pyridine rings is 1. The number of benzene rings is 1. The molecule has 5 nitrogen and oxygen atoms in total. The molecule has 0 aliphatic carbocycles. The van der Waals surface area contributed by atoms with Gasteiger partial charge in [0.05, 0.1) is 5.57 Å². The summed E-state index contributed by atoms with van der Waals surface area (Å²) in [6.07, 6.45) is 4.77. The molecule has 0 saturated carbocycles. The molecule has 0 saturated heterocycles. The lowest BCUT2D eigenvalue weighted by Crippen LogP contribution is -2.36. The van der Waals surface area contributed by atoms with Crippen LogP contribution in [0.1, 0.15) is 10.4 Å². The number of Topliss-reactive ketones (excluding diaryl/α,β-unsaturated/α-hetero) is 1. The number of allylic oxidation sites excluding steroid dienone is 3. The molecule has 0 N–H and O–H groups in total. The van der Waals surface area contributed by atoms with Gasteiger partial charge < -0.3 is 10.3 Å². The summed E-state index contributed by atoms with van der Waals surface area (Å²) in [5.41, 5.74) is 1.58. The molecule has 24 heavy (non-hydrogen) atoms. The van der Waals surface area contributed by atoms with Gasteiger partial charge in [-0.25, -0.2) is 0 Å². The van der Waals surface area contributed by atoms with Gasteiger partial charge in [-0.15, -0.1) is 0 Å². The van der Waals surface area contributed by atoms with Gasteiger partial charge in [-0.3, -0.25) is 10.7 Å². The summed E-state index contributed by atoms with van der Waals surface area (Å²) in [6, 6.07) is 14.2. The fraction of sp³-hybridized carbons (Fsp3) is 0.105. The third-order valence-electron chi connectivity index (χ3n) is 3.40. The molecule has 1 heterocycles. The van der Waals surface area contributed by atoms with Crippen molar-refractivity contribution < 1.29 is 9.36 Å². The van der Waals surface area contributed by atoms with Crippen molar-refractivity contribution in [3.63, 3.8) is 0 Å². The van der Waals surface area contributed by atoms with E-state index in [1.807, 2.05) is 37.2 Å². The maximum absolute atomic E-state index is 12.8. The molecule has 0 aliphatic rings. The van der Waals surface area contributed by atoms with Gasteiger partial charge in [-0.2, -0.15) is 9.83 Å². The van der Waals surface area contributed by atoms with Crippen LogP contribution in [0.15, 0.2) is 66.5 Å². The van der Waals surface area contributed by atoms with Gasteiger partial charge in [0.1, 0.15) is 6.07 Å². The molecule has 1 aromatic carbocycles. The van der Waals surface area contributed by atoms with Crippen LogP contribution in [-0.2, 0) is 0 Å². The topological polar surface area (TPSA) is 70.3 Å². The first-order valence-electron chi connectivity index (χ1n) is 7.24. The Bertz CT molecular complexity index is 852. The molecule has 0 aliphatic heterocycles. The number of ketones is 1. The van der Waals surface area contributed by atoms with E-state index < -0.39 is 0 Å². The van der Waals surface area contributed by atoms with E-state index in [1.165, 1.54) is 6.08 Å². The van der Waals surface area contributed by atoms with E-state index in [1.54, 1.807) is 53.2 Å². The predicted molar refractivity (Wildman–Crippen MR) is 93.5 cm³/mol. The molecule has 0 radical (unpaired) electrons. The van der Waals surface area contributed by atoms with Crippen LogP contribution in [0.2, 0.25) is 0 Å². The Morgan fingerprint density at radius 1 is 1.17 bits per heavy atom. The Morgan fingerprint density at radius 3 is 2.29 bits per heavy atom. The van der Waals surface area contributed by atoms with Gasteiger partial charge in [0.2, 0.25) is 0 Å². The quantitative estimate of drug-likeness (QED) is 0.212. The highest BCUT2D eigenvalue weighted by molar-refractivity contribution is 6.22. The monoisotopic (exact) mass is 316 g/mol. The van der Waals surface area contributed by atoms with Crippen molar-refractivity contribution in [1.29, 1.82) is 5.26 Å². The SMILES string of the molecule is CN(C)c1cc[n+](/C(=C\C(=C=[N-])C#N)C(=O)c2ccccc2)cc1. The molecule has 1 aromatic heterocycles. The molecular weight excluding hydrogens is 300 g/mol. The second-order valence-corrected chi connectivity index (χ2v) is 5.22. The highest BCUT2D eigenvalue weighted by Crippen LogP contribution is 2.12. The zero-order valence-corrected chi connectivity index (χ0v) is 13.5. The maximum Gasteiger partial charge on any atom is 0.260 e. The van der Waals surface area contributed by atoms with Crippen LogP contribution >= 0.6 is 0 Å². The zero-order chi connectivity index (χ0) is 17.5. The van der Waals surface area contributed by atoms with Crippen molar-refractivity contribution in [1.82, 2.24) is 0 Å². The van der Waals surface area contributed by atoms with E-state index in [-0.39, 0.29) is 17.1 Å². The summed E-state index contributed by atoms with van der Waals surface area (Å²) in [6.45, 7) is 0. The van der Waals surface area contributed by atoms with Crippen molar-refractivity contribution in [2.75, 3.05) is 19.0 Å². The summed E-state index contributed by atoms with van der Waals surface area (Å²) in [7, 11) is 3.84. The van der Waals surface area contributed by atoms with Crippen molar-refractivity contribution in [2.45, 2.75) is 0 Å². The Kier molecular flexibility index (Phi) is 5.40. The van der Waals surface area contributed by atoms with E-state index >= 15 is 0 Å². The van der Waals surface area contributed by atoms with Crippen LogP contribution < -0.4 is 9.47 Å². The first-order chi connectivity index (χ1) is 11.6. The summed E-state index contributed by atoms with van der Waals surface area (Å²) in [5, 5.41) is 18.0. The summed E-state index contributed by atoms with van der Waals surface area (Å²) < 4.78 is 1.61. The van der Waals surface area contributed by atoms with E-state index in [9.17, 15) is 4.79 Å². The Labute approximate surface area is 140 Å². The molecule has 0 unspecified atom stereocenters. The molecule has 0 bridgehead atoms. The molecule has 2 aromatic rings. The molecule has 0 amide bonds. The third kappa shape index (κ3) is 3.83. The van der Waals surface area contributed by atoms with Crippen LogP contribution in [0.3, 0.4) is 0 Å². The minimum atomic E-state index is -0.263. The van der Waals surface area contributed by atoms with Crippen LogP contribution in [0.25, 0.3) is 11.1 Å². The molecular formula is C19H16N4O. The Morgan fingerprint density at radius 2 is 1.79 bits per heavy atom. The fourth-order valence-corrected chi connectivity index (χ4v) is 2.10. The Hall–Kier alpha value is -3.48. The van der Waals surface area contributed by atoms with Crippen LogP contribution in [0.5, 0.6) is 0 Å². The number of nitrogens with zero attached hydrogens (tertiary/aromatic N) is 4. The van der Waals surface area contributed by atoms with E-state index in [2.05, 4.69) is 0 Å². The van der Waals surface area contributed by atoms with Gasteiger partial charge in [-0.1, -0.05) is 30.3 Å². The lowest BCUT2D eigenvalue weighted by Gasteiger charge is -2.10. The lowest BCUT2D eigenvalue weighted by atomic mass is 10.1. The standard InChI is InChI=1S/C19H16N4O/c1-22(2)17-8-10-23(11-9-17)18(12-15(13-20)14-21)19(24)16-6-4-3-5-7-16/h3-12H,1-2H3/b18-12-. The molecule has 2 rings (SSSR count). The van der Waals surface area contributed by atoms with E-state index in [0.717, 1.165) is 5.69 Å². The number of aromatic nitrogens is 1. The minimum Gasteiger partial charge on any atom is -0.762 e. The van der Waals surface area contributed by atoms with E-state index in [0.29, 0.717) is 5.56 Å². The maximum atomic E-state index is 12.8. The van der Waals surface area contributed by atoms with Gasteiger partial charge in [0.15, 0.2) is 12.4 Å². The van der Waals surface area contributed by atoms with Gasteiger partial charge in [0, 0.05) is 43.6 Å². The number of rotatable bonds is 5. The second kappa shape index (κ2) is 7.68. The molecule has 0 fully saturated rings. The average Bonchev–Trinajstić information content (AvgIpc) is 2.63. The first-order valence-corrected chi connectivity index (χ1v) is 7.24. The van der Waals surface area contributed by atoms with Crippen LogP contribution in [0, 0.1) is 11.3 Å². The Balaban J connectivity index is 2.54. The summed E-state index contributed by atoms with van der Waals surface area (Å²) in [4.78, 5) is 14.7. The van der Waals surface area contributed by atoms with Gasteiger partial charge in [-0.05, 0) is 0 Å². The van der Waals surface area contributed by atoms with Gasteiger partial charge >= 0.3 is 0 Å². The largest absolute Gasteiger partial charge is 0.762 e. The number of nitriles is 1. The zero-order valence-electron chi connectivity index (χ0n) is 13.5. The third-order valence-corrected chi connectivity index (χ3v) is 3.40. The number of hydrogen-bond donors (Lipinski definition) is 0. The number of carbonyl (C=O) groups excluding carboxylic acids is 1. The van der Waals surface area contributed by atoms with Crippen LogP contribution in [0.4, 0.5) is 5.69 Å². The summed E-state index contributed by atoms with van der Waals surface area (Å²) in [5.74, 6) is 1.53. The number of hydrogen-bond acceptors (Lipinski definition) is 3. The number of anilines is 1. The normalized spacial score (nSPS) is 10.5. The molecule has 5 heteroatoms.